The second-order valence-corrected chi connectivity index (χ2v) is 15.0. The van der Waals surface area contributed by atoms with Crippen LogP contribution in [0.25, 0.3) is 0 Å². The standard InChI is InChI=1S/C36H47N3O4S/c1-27-14-12-13-17-29(27)25-38(33(24-28-15-8-6-9-16-28)35(41)37-31-18-10-7-11-19-31)34(40)26-39(44(5,42)43)32-22-20-30(21-23-32)36(2,3)4/h6,8-9,12-17,20-23,31,33H,7,10-11,18-19,24-26H2,1-5H3,(H,37,41). The third-order valence-corrected chi connectivity index (χ3v) is 9.67. The van der Waals surface area contributed by atoms with Crippen molar-refractivity contribution in [3.63, 3.8) is 0 Å². The van der Waals surface area contributed by atoms with Crippen LogP contribution in [0.3, 0.4) is 0 Å². The number of nitrogens with one attached hydrogen (secondary N) is 1. The first-order valence-corrected chi connectivity index (χ1v) is 17.4. The topological polar surface area (TPSA) is 86.8 Å². The van der Waals surface area contributed by atoms with Crippen LogP contribution in [-0.4, -0.2) is 50.0 Å². The van der Waals surface area contributed by atoms with Gasteiger partial charge in [0.2, 0.25) is 21.8 Å². The van der Waals surface area contributed by atoms with Gasteiger partial charge in [-0.15, -0.1) is 0 Å². The maximum absolute atomic E-state index is 14.4. The van der Waals surface area contributed by atoms with Crippen molar-refractivity contribution < 1.29 is 18.0 Å². The molecule has 0 heterocycles. The molecule has 0 aromatic heterocycles. The molecule has 1 atom stereocenters. The molecule has 1 unspecified atom stereocenters. The van der Waals surface area contributed by atoms with E-state index in [1.807, 2.05) is 73.7 Å². The van der Waals surface area contributed by atoms with Gasteiger partial charge in [-0.1, -0.05) is 107 Å². The molecule has 0 radical (unpaired) electrons. The Labute approximate surface area is 263 Å². The van der Waals surface area contributed by atoms with Gasteiger partial charge >= 0.3 is 0 Å². The third kappa shape index (κ3) is 8.94. The molecular weight excluding hydrogens is 570 g/mol. The molecule has 1 aliphatic rings. The van der Waals surface area contributed by atoms with E-state index in [0.29, 0.717) is 12.1 Å². The number of sulfonamides is 1. The smallest absolute Gasteiger partial charge is 0.244 e. The van der Waals surface area contributed by atoms with Gasteiger partial charge in [0.1, 0.15) is 12.6 Å². The molecule has 0 saturated heterocycles. The van der Waals surface area contributed by atoms with Crippen molar-refractivity contribution in [1.29, 1.82) is 0 Å². The molecule has 4 rings (SSSR count). The van der Waals surface area contributed by atoms with E-state index in [-0.39, 0.29) is 23.9 Å². The number of amides is 2. The summed E-state index contributed by atoms with van der Waals surface area (Å²) in [4.78, 5) is 30.0. The summed E-state index contributed by atoms with van der Waals surface area (Å²) in [5, 5.41) is 3.25. The Morgan fingerprint density at radius 2 is 1.50 bits per heavy atom. The zero-order valence-corrected chi connectivity index (χ0v) is 27.6. The van der Waals surface area contributed by atoms with Crippen molar-refractivity contribution in [2.45, 2.75) is 90.3 Å². The van der Waals surface area contributed by atoms with E-state index in [1.54, 1.807) is 17.0 Å². The normalized spacial score (nSPS) is 14.9. The maximum Gasteiger partial charge on any atom is 0.244 e. The second kappa shape index (κ2) is 14.4. The maximum atomic E-state index is 14.4. The van der Waals surface area contributed by atoms with Crippen molar-refractivity contribution in [3.05, 3.63) is 101 Å². The van der Waals surface area contributed by atoms with Gasteiger partial charge in [-0.3, -0.25) is 13.9 Å². The molecule has 1 saturated carbocycles. The lowest BCUT2D eigenvalue weighted by atomic mass is 9.87. The van der Waals surface area contributed by atoms with Gasteiger partial charge in [0.15, 0.2) is 0 Å². The number of hydrogen-bond donors (Lipinski definition) is 1. The van der Waals surface area contributed by atoms with Crippen molar-refractivity contribution in [2.75, 3.05) is 17.1 Å². The molecule has 3 aromatic carbocycles. The first kappa shape index (κ1) is 33.2. The molecule has 1 aliphatic carbocycles. The van der Waals surface area contributed by atoms with Gasteiger partial charge < -0.3 is 10.2 Å². The number of carbonyl (C=O) groups excluding carboxylic acids is 2. The highest BCUT2D eigenvalue weighted by atomic mass is 32.2. The number of hydrogen-bond acceptors (Lipinski definition) is 4. The van der Waals surface area contributed by atoms with Gasteiger partial charge in [-0.05, 0) is 59.6 Å². The minimum Gasteiger partial charge on any atom is -0.352 e. The summed E-state index contributed by atoms with van der Waals surface area (Å²) in [5.41, 5.74) is 4.20. The molecular formula is C36H47N3O4S. The molecule has 3 aromatic rings. The number of carbonyl (C=O) groups is 2. The largest absolute Gasteiger partial charge is 0.352 e. The highest BCUT2D eigenvalue weighted by Gasteiger charge is 2.34. The van der Waals surface area contributed by atoms with E-state index >= 15 is 0 Å². The van der Waals surface area contributed by atoms with Crippen molar-refractivity contribution >= 4 is 27.5 Å². The SMILES string of the molecule is Cc1ccccc1CN(C(=O)CN(c1ccc(C(C)(C)C)cc1)S(C)(=O)=O)C(Cc1ccccc1)C(=O)NC1CCCCC1. The second-order valence-electron chi connectivity index (χ2n) is 13.1. The van der Waals surface area contributed by atoms with Crippen molar-refractivity contribution in [3.8, 4) is 0 Å². The van der Waals surface area contributed by atoms with Crippen LogP contribution in [0.15, 0.2) is 78.9 Å². The number of anilines is 1. The van der Waals surface area contributed by atoms with Crippen LogP contribution in [0.1, 0.15) is 75.1 Å². The Bertz CT molecular complexity index is 1510. The van der Waals surface area contributed by atoms with Gasteiger partial charge in [-0.25, -0.2) is 8.42 Å². The van der Waals surface area contributed by atoms with Crippen LogP contribution >= 0.6 is 0 Å². The fourth-order valence-electron chi connectivity index (χ4n) is 5.81. The molecule has 2 amide bonds. The predicted molar refractivity (Wildman–Crippen MR) is 178 cm³/mol. The molecule has 7 nitrogen and oxygen atoms in total. The molecule has 44 heavy (non-hydrogen) atoms. The van der Waals surface area contributed by atoms with Gasteiger partial charge in [-0.2, -0.15) is 0 Å². The first-order valence-electron chi connectivity index (χ1n) is 15.6. The molecule has 236 valence electrons. The summed E-state index contributed by atoms with van der Waals surface area (Å²) in [7, 11) is -3.82. The minimum atomic E-state index is -3.82. The van der Waals surface area contributed by atoms with E-state index in [2.05, 4.69) is 26.1 Å². The lowest BCUT2D eigenvalue weighted by Gasteiger charge is -2.35. The summed E-state index contributed by atoms with van der Waals surface area (Å²) >= 11 is 0. The summed E-state index contributed by atoms with van der Waals surface area (Å²) in [6.07, 6.45) is 6.56. The molecule has 1 N–H and O–H groups in total. The molecule has 0 aliphatic heterocycles. The fraction of sp³-hybridized carbons (Fsp3) is 0.444. The van der Waals surface area contributed by atoms with Crippen LogP contribution < -0.4 is 9.62 Å². The number of nitrogens with zero attached hydrogens (tertiary/aromatic N) is 2. The zero-order valence-electron chi connectivity index (χ0n) is 26.8. The summed E-state index contributed by atoms with van der Waals surface area (Å²) in [6, 6.07) is 24.0. The average molecular weight is 618 g/mol. The summed E-state index contributed by atoms with van der Waals surface area (Å²) in [6.45, 7) is 8.02. The number of aryl methyl sites for hydroxylation is 1. The van der Waals surface area contributed by atoms with Crippen molar-refractivity contribution in [2.24, 2.45) is 0 Å². The first-order chi connectivity index (χ1) is 20.8. The van der Waals surface area contributed by atoms with Crippen LogP contribution in [0.5, 0.6) is 0 Å². The predicted octanol–water partition coefficient (Wildman–Crippen LogP) is 6.15. The summed E-state index contributed by atoms with van der Waals surface area (Å²) in [5.74, 6) is -0.638. The van der Waals surface area contributed by atoms with Crippen LogP contribution in [0.4, 0.5) is 5.69 Å². The van der Waals surface area contributed by atoms with E-state index in [9.17, 15) is 18.0 Å². The van der Waals surface area contributed by atoms with Gasteiger partial charge in [0, 0.05) is 19.0 Å². The minimum absolute atomic E-state index is 0.0683. The highest BCUT2D eigenvalue weighted by molar-refractivity contribution is 7.92. The Morgan fingerprint density at radius 1 is 0.886 bits per heavy atom. The lowest BCUT2D eigenvalue weighted by Crippen LogP contribution is -2.55. The van der Waals surface area contributed by atoms with Crippen molar-refractivity contribution in [1.82, 2.24) is 10.2 Å². The highest BCUT2D eigenvalue weighted by Crippen LogP contribution is 2.27. The van der Waals surface area contributed by atoms with Gasteiger partial charge in [0.05, 0.1) is 11.9 Å². The monoisotopic (exact) mass is 617 g/mol. The lowest BCUT2D eigenvalue weighted by molar-refractivity contribution is -0.140. The Hall–Kier alpha value is -3.65. The van der Waals surface area contributed by atoms with E-state index in [1.165, 1.54) is 0 Å². The van der Waals surface area contributed by atoms with Crippen LogP contribution in [-0.2, 0) is 38.0 Å². The molecule has 1 fully saturated rings. The molecule has 8 heteroatoms. The summed E-state index contributed by atoms with van der Waals surface area (Å²) < 4.78 is 27.4. The Balaban J connectivity index is 1.72. The van der Waals surface area contributed by atoms with E-state index in [4.69, 9.17) is 0 Å². The molecule has 0 spiro atoms. The molecule has 0 bridgehead atoms. The third-order valence-electron chi connectivity index (χ3n) is 8.53. The number of benzene rings is 3. The van der Waals surface area contributed by atoms with Gasteiger partial charge in [0.25, 0.3) is 0 Å². The van der Waals surface area contributed by atoms with E-state index in [0.717, 1.165) is 64.9 Å². The average Bonchev–Trinajstić information content (AvgIpc) is 2.98. The fourth-order valence-corrected chi connectivity index (χ4v) is 6.66. The van der Waals surface area contributed by atoms with E-state index < -0.39 is 28.5 Å². The zero-order chi connectivity index (χ0) is 31.9. The van der Waals surface area contributed by atoms with Crippen LogP contribution in [0, 0.1) is 6.92 Å². The Morgan fingerprint density at radius 3 is 2.09 bits per heavy atom. The quantitative estimate of drug-likeness (QED) is 0.280. The van der Waals surface area contributed by atoms with Crippen LogP contribution in [0.2, 0.25) is 0 Å². The Kier molecular flexibility index (Phi) is 10.9. The number of rotatable bonds is 11.